The summed E-state index contributed by atoms with van der Waals surface area (Å²) in [6.45, 7) is -0.999. The second-order valence-electron chi connectivity index (χ2n) is 5.94. The normalized spacial score (nSPS) is 12.7. The van der Waals surface area contributed by atoms with Crippen molar-refractivity contribution in [2.45, 2.75) is 25.5 Å². The summed E-state index contributed by atoms with van der Waals surface area (Å²) in [6, 6.07) is 13.8. The molecule has 148 valence electrons. The van der Waals surface area contributed by atoms with Gasteiger partial charge < -0.3 is 20.5 Å². The monoisotopic (exact) mass is 400 g/mol. The summed E-state index contributed by atoms with van der Waals surface area (Å²) in [6.07, 6.45) is 0.431. The minimum Gasteiger partial charge on any atom is -0.493 e. The molecule has 0 radical (unpaired) electrons. The molecule has 27 heavy (non-hydrogen) atoms. The number of amides is 1. The maximum Gasteiger partial charge on any atom is 0.387 e. The number of nitrogens with two attached hydrogens (primary N) is 1. The molecule has 0 aliphatic carbocycles. The second kappa shape index (κ2) is 10.1. The van der Waals surface area contributed by atoms with Crippen LogP contribution in [0.25, 0.3) is 0 Å². The Morgan fingerprint density at radius 1 is 1.19 bits per heavy atom. The van der Waals surface area contributed by atoms with E-state index in [1.54, 1.807) is 31.2 Å². The zero-order valence-corrected chi connectivity index (χ0v) is 15.9. The van der Waals surface area contributed by atoms with Crippen LogP contribution in [0.15, 0.2) is 48.5 Å². The van der Waals surface area contributed by atoms with Gasteiger partial charge in [-0.1, -0.05) is 36.4 Å². The molecule has 0 aliphatic rings. The van der Waals surface area contributed by atoms with Crippen molar-refractivity contribution in [3.63, 3.8) is 0 Å². The molecule has 0 spiro atoms. The Kier molecular flexibility index (Phi) is 8.46. The molecule has 2 aromatic rings. The van der Waals surface area contributed by atoms with Crippen LogP contribution in [0, 0.1) is 0 Å². The van der Waals surface area contributed by atoms with Crippen LogP contribution in [0.2, 0.25) is 0 Å². The van der Waals surface area contributed by atoms with Crippen LogP contribution in [0.3, 0.4) is 0 Å². The maximum atomic E-state index is 12.5. The molecule has 0 aliphatic heterocycles. The Balaban J connectivity index is 0.00000364. The molecule has 0 saturated heterocycles. The maximum absolute atomic E-state index is 12.5. The lowest BCUT2D eigenvalue weighted by Gasteiger charge is -2.24. The van der Waals surface area contributed by atoms with Gasteiger partial charge in [0.15, 0.2) is 11.5 Å². The molecule has 1 amide bonds. The highest BCUT2D eigenvalue weighted by molar-refractivity contribution is 5.87. The molecule has 0 heterocycles. The first-order chi connectivity index (χ1) is 12.3. The topological polar surface area (TPSA) is 73.6 Å². The number of hydrogen-bond donors (Lipinski definition) is 2. The van der Waals surface area contributed by atoms with E-state index in [1.807, 2.05) is 18.2 Å². The van der Waals surface area contributed by atoms with Crippen LogP contribution in [0.5, 0.6) is 11.5 Å². The van der Waals surface area contributed by atoms with E-state index in [-0.39, 0.29) is 29.8 Å². The standard InChI is InChI=1S/C19H22F2N2O3.ClH/c1-19(22,14-6-4-3-5-7-14)17(24)23-11-10-13-8-9-15(25-2)16(12-13)26-18(20)21;/h3-9,12,18H,10-11,22H2,1-2H3,(H,23,24);1H. The minimum atomic E-state index is -2.94. The molecular formula is C19H23ClF2N2O3. The van der Waals surface area contributed by atoms with Crippen molar-refractivity contribution in [2.24, 2.45) is 5.73 Å². The van der Waals surface area contributed by atoms with E-state index < -0.39 is 12.2 Å². The fourth-order valence-corrected chi connectivity index (χ4v) is 2.48. The number of nitrogens with one attached hydrogen (secondary N) is 1. The zero-order chi connectivity index (χ0) is 19.2. The fraction of sp³-hybridized carbons (Fsp3) is 0.316. The molecule has 0 saturated carbocycles. The van der Waals surface area contributed by atoms with Gasteiger partial charge in [0.05, 0.1) is 7.11 Å². The number of alkyl halides is 2. The van der Waals surface area contributed by atoms with Crippen LogP contribution in [0.4, 0.5) is 8.78 Å². The number of rotatable bonds is 8. The van der Waals surface area contributed by atoms with Crippen LogP contribution < -0.4 is 20.5 Å². The zero-order valence-electron chi connectivity index (χ0n) is 15.1. The molecule has 1 unspecified atom stereocenters. The summed E-state index contributed by atoms with van der Waals surface area (Å²) in [5.41, 5.74) is 6.41. The highest BCUT2D eigenvalue weighted by Crippen LogP contribution is 2.29. The molecule has 8 heteroatoms. The first-order valence-corrected chi connectivity index (χ1v) is 8.09. The molecule has 3 N–H and O–H groups in total. The Morgan fingerprint density at radius 2 is 1.85 bits per heavy atom. The van der Waals surface area contributed by atoms with Gasteiger partial charge in [-0.15, -0.1) is 12.4 Å². The van der Waals surface area contributed by atoms with Crippen LogP contribution in [-0.2, 0) is 16.8 Å². The number of benzene rings is 2. The third-order valence-corrected chi connectivity index (χ3v) is 3.99. The van der Waals surface area contributed by atoms with E-state index in [1.165, 1.54) is 13.2 Å². The summed E-state index contributed by atoms with van der Waals surface area (Å²) in [5.74, 6) is -0.141. The first-order valence-electron chi connectivity index (χ1n) is 8.09. The van der Waals surface area contributed by atoms with Crippen molar-refractivity contribution in [1.29, 1.82) is 0 Å². The van der Waals surface area contributed by atoms with Gasteiger partial charge in [-0.3, -0.25) is 4.79 Å². The second-order valence-corrected chi connectivity index (χ2v) is 5.94. The van der Waals surface area contributed by atoms with E-state index in [9.17, 15) is 13.6 Å². The number of methoxy groups -OCH3 is 1. The van der Waals surface area contributed by atoms with Crippen molar-refractivity contribution in [2.75, 3.05) is 13.7 Å². The van der Waals surface area contributed by atoms with E-state index in [4.69, 9.17) is 10.5 Å². The van der Waals surface area contributed by atoms with E-state index >= 15 is 0 Å². The lowest BCUT2D eigenvalue weighted by atomic mass is 9.92. The van der Waals surface area contributed by atoms with Gasteiger partial charge in [-0.25, -0.2) is 0 Å². The van der Waals surface area contributed by atoms with Gasteiger partial charge in [-0.05, 0) is 36.6 Å². The molecule has 0 fully saturated rings. The Labute approximate surface area is 163 Å². The van der Waals surface area contributed by atoms with Gasteiger partial charge in [0, 0.05) is 6.54 Å². The first kappa shape index (κ1) is 22.7. The van der Waals surface area contributed by atoms with Gasteiger partial charge in [0.2, 0.25) is 5.91 Å². The lowest BCUT2D eigenvalue weighted by molar-refractivity contribution is -0.126. The van der Waals surface area contributed by atoms with Gasteiger partial charge >= 0.3 is 6.61 Å². The van der Waals surface area contributed by atoms with Crippen molar-refractivity contribution >= 4 is 18.3 Å². The van der Waals surface area contributed by atoms with Crippen molar-refractivity contribution in [3.05, 3.63) is 59.7 Å². The van der Waals surface area contributed by atoms with Gasteiger partial charge in [0.1, 0.15) is 5.54 Å². The van der Waals surface area contributed by atoms with Crippen molar-refractivity contribution < 1.29 is 23.0 Å². The summed E-state index contributed by atoms with van der Waals surface area (Å²) < 4.78 is 34.4. The summed E-state index contributed by atoms with van der Waals surface area (Å²) in [5, 5.41) is 2.77. The molecule has 2 aromatic carbocycles. The SMILES string of the molecule is COc1ccc(CCNC(=O)C(C)(N)c2ccccc2)cc1OC(F)F.Cl. The number of carbonyl (C=O) groups excluding carboxylic acids is 1. The lowest BCUT2D eigenvalue weighted by Crippen LogP contribution is -2.49. The van der Waals surface area contributed by atoms with Crippen molar-refractivity contribution in [3.8, 4) is 11.5 Å². The van der Waals surface area contributed by atoms with Crippen molar-refractivity contribution in [1.82, 2.24) is 5.32 Å². The van der Waals surface area contributed by atoms with Crippen LogP contribution >= 0.6 is 12.4 Å². The molecule has 1 atom stereocenters. The van der Waals surface area contributed by atoms with E-state index in [0.717, 1.165) is 5.56 Å². The van der Waals surface area contributed by atoms with Gasteiger partial charge in [0.25, 0.3) is 0 Å². The highest BCUT2D eigenvalue weighted by Gasteiger charge is 2.29. The number of halogens is 3. The largest absolute Gasteiger partial charge is 0.493 e. The predicted octanol–water partition coefficient (Wildman–Crippen LogP) is 3.25. The third-order valence-electron chi connectivity index (χ3n) is 3.99. The predicted molar refractivity (Wildman–Crippen MR) is 102 cm³/mol. The average Bonchev–Trinajstić information content (AvgIpc) is 2.62. The molecule has 0 bridgehead atoms. The quantitative estimate of drug-likeness (QED) is 0.713. The van der Waals surface area contributed by atoms with Gasteiger partial charge in [-0.2, -0.15) is 8.78 Å². The Bertz CT molecular complexity index is 743. The third kappa shape index (κ3) is 6.08. The fourth-order valence-electron chi connectivity index (χ4n) is 2.48. The summed E-state index contributed by atoms with van der Waals surface area (Å²) >= 11 is 0. The Morgan fingerprint density at radius 3 is 2.44 bits per heavy atom. The smallest absolute Gasteiger partial charge is 0.387 e. The van der Waals surface area contributed by atoms with E-state index in [0.29, 0.717) is 18.5 Å². The number of ether oxygens (including phenoxy) is 2. The molecule has 0 aromatic heterocycles. The average molecular weight is 401 g/mol. The molecule has 5 nitrogen and oxygen atoms in total. The summed E-state index contributed by atoms with van der Waals surface area (Å²) in [4.78, 5) is 12.4. The molecular weight excluding hydrogens is 378 g/mol. The van der Waals surface area contributed by atoms with Crippen LogP contribution in [-0.4, -0.2) is 26.2 Å². The highest BCUT2D eigenvalue weighted by atomic mass is 35.5. The summed E-state index contributed by atoms with van der Waals surface area (Å²) in [7, 11) is 1.37. The minimum absolute atomic E-state index is 0. The number of carbonyl (C=O) groups is 1. The Hall–Kier alpha value is -2.38. The number of hydrogen-bond acceptors (Lipinski definition) is 4. The van der Waals surface area contributed by atoms with Crippen LogP contribution in [0.1, 0.15) is 18.1 Å². The molecule has 2 rings (SSSR count). The van der Waals surface area contributed by atoms with E-state index in [2.05, 4.69) is 10.1 Å².